The van der Waals surface area contributed by atoms with Crippen molar-refractivity contribution in [2.45, 2.75) is 52.3 Å². The summed E-state index contributed by atoms with van der Waals surface area (Å²) in [6.07, 6.45) is 0.402. The molecular weight excluding hydrogens is 234 g/mol. The summed E-state index contributed by atoms with van der Waals surface area (Å²) in [6.45, 7) is 8.20. The summed E-state index contributed by atoms with van der Waals surface area (Å²) in [7, 11) is 0. The summed E-state index contributed by atoms with van der Waals surface area (Å²) in [6, 6.07) is 6.14. The maximum absolute atomic E-state index is 10.3. The number of aryl methyl sites for hydroxylation is 1. The van der Waals surface area contributed by atoms with Gasteiger partial charge in [-0.15, -0.1) is 0 Å². The second-order valence-electron chi connectivity index (χ2n) is 4.79. The molecule has 2 N–H and O–H groups in total. The minimum atomic E-state index is -0.488. The monoisotopic (exact) mass is 255 g/mol. The number of nitrogens with one attached hydrogen (secondary N) is 1. The van der Waals surface area contributed by atoms with E-state index in [1.54, 1.807) is 0 Å². The molecule has 0 aliphatic carbocycles. The zero-order valence-corrected chi connectivity index (χ0v) is 11.8. The average Bonchev–Trinajstić information content (AvgIpc) is 2.28. The predicted molar refractivity (Wildman–Crippen MR) is 73.5 cm³/mol. The lowest BCUT2D eigenvalue weighted by Gasteiger charge is -2.25. The van der Waals surface area contributed by atoms with E-state index in [9.17, 15) is 5.11 Å². The van der Waals surface area contributed by atoms with E-state index >= 15 is 0 Å². The molecule has 17 heavy (non-hydrogen) atoms. The molecule has 0 aliphatic heterocycles. The quantitative estimate of drug-likeness (QED) is 0.845. The molecule has 0 spiro atoms. The first-order valence-electron chi connectivity index (χ1n) is 6.15. The lowest BCUT2D eigenvalue weighted by atomic mass is 9.98. The lowest BCUT2D eigenvalue weighted by Crippen LogP contribution is -2.38. The van der Waals surface area contributed by atoms with Gasteiger partial charge in [0.25, 0.3) is 0 Å². The van der Waals surface area contributed by atoms with Crippen molar-refractivity contribution in [3.63, 3.8) is 0 Å². The van der Waals surface area contributed by atoms with Crippen LogP contribution in [-0.2, 0) is 0 Å². The molecule has 0 saturated heterocycles. The fraction of sp³-hybridized carbons (Fsp3) is 0.571. The van der Waals surface area contributed by atoms with Gasteiger partial charge in [-0.2, -0.15) is 0 Å². The number of aliphatic hydroxyl groups excluding tert-OH is 1. The van der Waals surface area contributed by atoms with Crippen LogP contribution in [0.2, 0.25) is 5.02 Å². The van der Waals surface area contributed by atoms with E-state index in [1.165, 1.54) is 0 Å². The van der Waals surface area contributed by atoms with Crippen molar-refractivity contribution < 1.29 is 5.11 Å². The zero-order chi connectivity index (χ0) is 13.0. The van der Waals surface area contributed by atoms with Gasteiger partial charge in [0.05, 0.1) is 6.10 Å². The number of aliphatic hydroxyl groups is 1. The molecule has 0 heterocycles. The Morgan fingerprint density at radius 1 is 1.35 bits per heavy atom. The molecule has 2 atom stereocenters. The maximum Gasteiger partial charge on any atom is 0.0943 e. The highest BCUT2D eigenvalue weighted by molar-refractivity contribution is 6.31. The molecule has 2 nitrogen and oxygen atoms in total. The summed E-state index contributed by atoms with van der Waals surface area (Å²) in [4.78, 5) is 0. The van der Waals surface area contributed by atoms with Crippen LogP contribution < -0.4 is 5.32 Å². The molecule has 1 aromatic carbocycles. The molecule has 0 aromatic heterocycles. The largest absolute Gasteiger partial charge is 0.387 e. The molecule has 2 unspecified atom stereocenters. The minimum Gasteiger partial charge on any atom is -0.387 e. The first-order chi connectivity index (χ1) is 7.95. The summed E-state index contributed by atoms with van der Waals surface area (Å²) in [5.41, 5.74) is 1.93. The number of hydrogen-bond donors (Lipinski definition) is 2. The Balaban J connectivity index is 2.85. The van der Waals surface area contributed by atoms with Gasteiger partial charge >= 0.3 is 0 Å². The van der Waals surface area contributed by atoms with Crippen molar-refractivity contribution in [2.24, 2.45) is 0 Å². The second-order valence-corrected chi connectivity index (χ2v) is 5.20. The highest BCUT2D eigenvalue weighted by Crippen LogP contribution is 2.24. The Morgan fingerprint density at radius 3 is 2.47 bits per heavy atom. The fourth-order valence-electron chi connectivity index (χ4n) is 1.94. The molecule has 0 aliphatic rings. The van der Waals surface area contributed by atoms with Crippen LogP contribution >= 0.6 is 11.6 Å². The summed E-state index contributed by atoms with van der Waals surface area (Å²) < 4.78 is 0. The third-order valence-electron chi connectivity index (χ3n) is 2.89. The standard InChI is InChI=1S/C14H22ClNO/c1-5-13(16-9(2)3)14(17)11-6-7-12(15)10(4)8-11/h6-9,13-14,16-17H,5H2,1-4H3. The van der Waals surface area contributed by atoms with E-state index in [-0.39, 0.29) is 6.04 Å². The molecule has 0 saturated carbocycles. The Morgan fingerprint density at radius 2 is 2.00 bits per heavy atom. The normalized spacial score (nSPS) is 15.0. The SMILES string of the molecule is CCC(NC(C)C)C(O)c1ccc(Cl)c(C)c1. The van der Waals surface area contributed by atoms with Crippen LogP contribution in [-0.4, -0.2) is 17.2 Å². The van der Waals surface area contributed by atoms with Crippen LogP contribution in [0.25, 0.3) is 0 Å². The van der Waals surface area contributed by atoms with Crippen LogP contribution in [0.5, 0.6) is 0 Å². The van der Waals surface area contributed by atoms with Crippen molar-refractivity contribution in [1.29, 1.82) is 0 Å². The van der Waals surface area contributed by atoms with E-state index in [4.69, 9.17) is 11.6 Å². The van der Waals surface area contributed by atoms with Crippen LogP contribution in [0.1, 0.15) is 44.4 Å². The number of rotatable bonds is 5. The molecule has 0 bridgehead atoms. The zero-order valence-electron chi connectivity index (χ0n) is 11.0. The van der Waals surface area contributed by atoms with Crippen LogP contribution in [0.4, 0.5) is 0 Å². The number of halogens is 1. The number of benzene rings is 1. The minimum absolute atomic E-state index is 0.0792. The topological polar surface area (TPSA) is 32.3 Å². The van der Waals surface area contributed by atoms with E-state index in [1.807, 2.05) is 25.1 Å². The van der Waals surface area contributed by atoms with Crippen molar-refractivity contribution in [2.75, 3.05) is 0 Å². The van der Waals surface area contributed by atoms with Gasteiger partial charge < -0.3 is 10.4 Å². The van der Waals surface area contributed by atoms with Gasteiger partial charge in [0, 0.05) is 17.1 Å². The summed E-state index contributed by atoms with van der Waals surface area (Å²) >= 11 is 5.99. The van der Waals surface area contributed by atoms with Crippen molar-refractivity contribution in [3.8, 4) is 0 Å². The van der Waals surface area contributed by atoms with Gasteiger partial charge in [0.15, 0.2) is 0 Å². The number of hydrogen-bond acceptors (Lipinski definition) is 2. The van der Waals surface area contributed by atoms with Gasteiger partial charge in [-0.05, 0) is 30.5 Å². The van der Waals surface area contributed by atoms with Crippen LogP contribution in [0.15, 0.2) is 18.2 Å². The predicted octanol–water partition coefficient (Wildman–Crippen LogP) is 3.46. The molecule has 0 radical (unpaired) electrons. The van der Waals surface area contributed by atoms with Gasteiger partial charge in [-0.1, -0.05) is 44.5 Å². The highest BCUT2D eigenvalue weighted by Gasteiger charge is 2.20. The lowest BCUT2D eigenvalue weighted by molar-refractivity contribution is 0.121. The Bertz CT molecular complexity index is 365. The highest BCUT2D eigenvalue weighted by atomic mass is 35.5. The van der Waals surface area contributed by atoms with Crippen molar-refractivity contribution in [3.05, 3.63) is 34.3 Å². The molecule has 1 rings (SSSR count). The summed E-state index contributed by atoms with van der Waals surface area (Å²) in [5.74, 6) is 0. The smallest absolute Gasteiger partial charge is 0.0943 e. The second kappa shape index (κ2) is 6.39. The molecule has 96 valence electrons. The molecule has 0 fully saturated rings. The van der Waals surface area contributed by atoms with E-state index in [0.29, 0.717) is 6.04 Å². The molecule has 3 heteroatoms. The van der Waals surface area contributed by atoms with Crippen LogP contribution in [0.3, 0.4) is 0 Å². The van der Waals surface area contributed by atoms with Gasteiger partial charge in [0.1, 0.15) is 0 Å². The average molecular weight is 256 g/mol. The Hall–Kier alpha value is -0.570. The van der Waals surface area contributed by atoms with Crippen LogP contribution in [0, 0.1) is 6.92 Å². The first-order valence-corrected chi connectivity index (χ1v) is 6.53. The van der Waals surface area contributed by atoms with Gasteiger partial charge in [0.2, 0.25) is 0 Å². The molecular formula is C14H22ClNO. The van der Waals surface area contributed by atoms with Crippen molar-refractivity contribution in [1.82, 2.24) is 5.32 Å². The van der Waals surface area contributed by atoms with E-state index < -0.39 is 6.10 Å². The Labute approximate surface area is 109 Å². The molecule has 0 amide bonds. The first kappa shape index (κ1) is 14.5. The Kier molecular flexibility index (Phi) is 5.44. The summed E-state index contributed by atoms with van der Waals surface area (Å²) in [5, 5.41) is 14.5. The van der Waals surface area contributed by atoms with E-state index in [0.717, 1.165) is 22.6 Å². The van der Waals surface area contributed by atoms with Crippen molar-refractivity contribution >= 4 is 11.6 Å². The third kappa shape index (κ3) is 3.98. The molecule has 1 aromatic rings. The van der Waals surface area contributed by atoms with E-state index in [2.05, 4.69) is 26.1 Å². The van der Waals surface area contributed by atoms with Gasteiger partial charge in [-0.25, -0.2) is 0 Å². The fourth-order valence-corrected chi connectivity index (χ4v) is 2.06. The third-order valence-corrected chi connectivity index (χ3v) is 3.32. The van der Waals surface area contributed by atoms with Gasteiger partial charge in [-0.3, -0.25) is 0 Å². The maximum atomic E-state index is 10.3.